The minimum atomic E-state index is -0.342. The van der Waals surface area contributed by atoms with Crippen molar-refractivity contribution in [3.63, 3.8) is 0 Å². The van der Waals surface area contributed by atoms with Crippen molar-refractivity contribution < 1.29 is 4.79 Å². The molecule has 2 aromatic carbocycles. The van der Waals surface area contributed by atoms with Gasteiger partial charge in [0.1, 0.15) is 10.5 Å². The van der Waals surface area contributed by atoms with E-state index in [9.17, 15) is 9.59 Å². The summed E-state index contributed by atoms with van der Waals surface area (Å²) < 4.78 is 2.10. The van der Waals surface area contributed by atoms with Crippen LogP contribution in [0.4, 0.5) is 0 Å². The summed E-state index contributed by atoms with van der Waals surface area (Å²) >= 11 is 18.7. The Labute approximate surface area is 172 Å². The molecule has 0 saturated carbocycles. The van der Waals surface area contributed by atoms with Crippen LogP contribution in [0.25, 0.3) is 16.6 Å². The number of hydrogen-bond acceptors (Lipinski definition) is 4. The zero-order valence-corrected chi connectivity index (χ0v) is 16.7. The summed E-state index contributed by atoms with van der Waals surface area (Å²) in [6, 6.07) is 12.2. The fourth-order valence-electron chi connectivity index (χ4n) is 2.81. The number of thiazole rings is 1. The standard InChI is InChI=1S/C18H11Cl2N3O2S2/c19-10-5-6-11-13(7-10)23-15(22-16(11)24)14(27-18(23)26)17(25)21-8-9-3-1-2-4-12(9)20/h1-7H,8H2,(H,21,25)(H,22,24). The molecule has 0 aliphatic rings. The van der Waals surface area contributed by atoms with Crippen LogP contribution in [0.2, 0.25) is 10.0 Å². The summed E-state index contributed by atoms with van der Waals surface area (Å²) in [5.41, 5.74) is 1.40. The fourth-order valence-corrected chi connectivity index (χ4v) is 4.48. The number of aromatic nitrogens is 2. The molecule has 2 heterocycles. The van der Waals surface area contributed by atoms with Crippen LogP contribution in [0, 0.1) is 3.95 Å². The van der Waals surface area contributed by atoms with E-state index in [-0.39, 0.29) is 18.0 Å². The first-order chi connectivity index (χ1) is 13.0. The van der Waals surface area contributed by atoms with Gasteiger partial charge in [0.2, 0.25) is 0 Å². The summed E-state index contributed by atoms with van der Waals surface area (Å²) in [5.74, 6) is -0.342. The lowest BCUT2D eigenvalue weighted by atomic mass is 10.2. The third kappa shape index (κ3) is 3.27. The van der Waals surface area contributed by atoms with Crippen molar-refractivity contribution in [3.8, 4) is 0 Å². The number of nitrogens with one attached hydrogen (secondary N) is 2. The first-order valence-corrected chi connectivity index (χ1v) is 9.82. The van der Waals surface area contributed by atoms with E-state index < -0.39 is 0 Å². The van der Waals surface area contributed by atoms with Gasteiger partial charge in [-0.15, -0.1) is 0 Å². The number of amides is 1. The predicted molar refractivity (Wildman–Crippen MR) is 112 cm³/mol. The maximum atomic E-state index is 12.7. The summed E-state index contributed by atoms with van der Waals surface area (Å²) in [4.78, 5) is 28.2. The van der Waals surface area contributed by atoms with Gasteiger partial charge in [-0.3, -0.25) is 14.0 Å². The first-order valence-electron chi connectivity index (χ1n) is 7.84. The van der Waals surface area contributed by atoms with E-state index in [2.05, 4.69) is 10.3 Å². The number of rotatable bonds is 3. The molecular formula is C18H11Cl2N3O2S2. The second-order valence-electron chi connectivity index (χ2n) is 5.77. The molecule has 0 aliphatic carbocycles. The number of aromatic amines is 1. The van der Waals surface area contributed by atoms with Gasteiger partial charge in [-0.05, 0) is 42.0 Å². The third-order valence-corrected chi connectivity index (χ3v) is 6.07. The van der Waals surface area contributed by atoms with E-state index >= 15 is 0 Å². The van der Waals surface area contributed by atoms with Crippen molar-refractivity contribution >= 4 is 69.2 Å². The average Bonchev–Trinajstić information content (AvgIpc) is 2.97. The van der Waals surface area contributed by atoms with Crippen LogP contribution in [0.1, 0.15) is 15.2 Å². The highest BCUT2D eigenvalue weighted by molar-refractivity contribution is 7.73. The number of hydrogen-bond donors (Lipinski definition) is 2. The molecule has 0 atom stereocenters. The molecule has 0 saturated heterocycles. The normalized spacial score (nSPS) is 11.2. The Bertz CT molecular complexity index is 1320. The van der Waals surface area contributed by atoms with E-state index in [0.717, 1.165) is 16.9 Å². The highest BCUT2D eigenvalue weighted by Gasteiger charge is 2.18. The monoisotopic (exact) mass is 435 g/mol. The molecule has 0 unspecified atom stereocenters. The first kappa shape index (κ1) is 18.2. The van der Waals surface area contributed by atoms with Crippen LogP contribution in [0.15, 0.2) is 47.3 Å². The Morgan fingerprint density at radius 1 is 1.22 bits per heavy atom. The molecule has 5 nitrogen and oxygen atoms in total. The van der Waals surface area contributed by atoms with E-state index in [1.807, 2.05) is 18.2 Å². The average molecular weight is 436 g/mol. The van der Waals surface area contributed by atoms with Crippen molar-refractivity contribution in [1.29, 1.82) is 0 Å². The van der Waals surface area contributed by atoms with Crippen LogP contribution < -0.4 is 10.9 Å². The molecule has 136 valence electrons. The van der Waals surface area contributed by atoms with Gasteiger partial charge in [-0.2, -0.15) is 0 Å². The van der Waals surface area contributed by atoms with Gasteiger partial charge in [0.05, 0.1) is 10.9 Å². The lowest BCUT2D eigenvalue weighted by molar-refractivity contribution is 0.0956. The molecule has 0 spiro atoms. The summed E-state index contributed by atoms with van der Waals surface area (Å²) in [5, 5.41) is 4.32. The smallest absolute Gasteiger partial charge is 0.265 e. The second-order valence-corrected chi connectivity index (χ2v) is 8.26. The lowest BCUT2D eigenvalue weighted by Gasteiger charge is -2.07. The van der Waals surface area contributed by atoms with Crippen LogP contribution in [-0.2, 0) is 6.54 Å². The zero-order valence-electron chi connectivity index (χ0n) is 13.6. The molecule has 4 aromatic rings. The summed E-state index contributed by atoms with van der Waals surface area (Å²) in [6.45, 7) is 0.263. The molecule has 0 radical (unpaired) electrons. The predicted octanol–water partition coefficient (Wildman–Crippen LogP) is 4.81. The van der Waals surface area contributed by atoms with Crippen LogP contribution in [0.3, 0.4) is 0 Å². The van der Waals surface area contributed by atoms with Crippen molar-refractivity contribution in [1.82, 2.24) is 14.7 Å². The largest absolute Gasteiger partial charge is 0.347 e. The Kier molecular flexibility index (Phi) is 4.77. The van der Waals surface area contributed by atoms with Gasteiger partial charge in [0, 0.05) is 16.6 Å². The SMILES string of the molecule is O=C(NCc1ccccc1Cl)c1sc(=S)n2c1[nH]c(=O)c1ccc(Cl)cc12. The Balaban J connectivity index is 1.80. The van der Waals surface area contributed by atoms with E-state index in [1.165, 1.54) is 0 Å². The number of H-pyrrole nitrogens is 1. The molecule has 0 aliphatic heterocycles. The van der Waals surface area contributed by atoms with Crippen LogP contribution >= 0.6 is 46.8 Å². The third-order valence-electron chi connectivity index (χ3n) is 4.09. The van der Waals surface area contributed by atoms with Gasteiger partial charge in [0.15, 0.2) is 3.95 Å². The van der Waals surface area contributed by atoms with Gasteiger partial charge in [-0.1, -0.05) is 52.7 Å². The Morgan fingerprint density at radius 2 is 2.00 bits per heavy atom. The molecule has 0 bridgehead atoms. The minimum Gasteiger partial charge on any atom is -0.347 e. The molecule has 2 aromatic heterocycles. The van der Waals surface area contributed by atoms with Gasteiger partial charge >= 0.3 is 0 Å². The molecular weight excluding hydrogens is 425 g/mol. The number of nitrogens with zero attached hydrogens (tertiary/aromatic N) is 1. The topological polar surface area (TPSA) is 66.4 Å². The quantitative estimate of drug-likeness (QED) is 0.453. The lowest BCUT2D eigenvalue weighted by Crippen LogP contribution is -2.23. The molecule has 0 fully saturated rings. The highest BCUT2D eigenvalue weighted by atomic mass is 35.5. The molecule has 9 heteroatoms. The number of benzene rings is 2. The summed E-state index contributed by atoms with van der Waals surface area (Å²) in [7, 11) is 0. The maximum Gasteiger partial charge on any atom is 0.265 e. The maximum absolute atomic E-state index is 12.7. The number of carbonyl (C=O) groups is 1. The van der Waals surface area contributed by atoms with Gasteiger partial charge < -0.3 is 10.3 Å². The number of carbonyl (C=O) groups excluding carboxylic acids is 1. The van der Waals surface area contributed by atoms with Gasteiger partial charge in [0.25, 0.3) is 11.5 Å². The molecule has 1 amide bonds. The molecule has 27 heavy (non-hydrogen) atoms. The van der Waals surface area contributed by atoms with Crippen molar-refractivity contribution in [2.45, 2.75) is 6.54 Å². The molecule has 4 rings (SSSR count). The van der Waals surface area contributed by atoms with E-state index in [1.54, 1.807) is 28.7 Å². The number of fused-ring (bicyclic) bond motifs is 3. The van der Waals surface area contributed by atoms with Crippen molar-refractivity contribution in [3.05, 3.63) is 77.3 Å². The zero-order chi connectivity index (χ0) is 19.1. The number of halogens is 2. The Hall–Kier alpha value is -2.19. The summed E-state index contributed by atoms with van der Waals surface area (Å²) in [6.07, 6.45) is 0. The van der Waals surface area contributed by atoms with E-state index in [0.29, 0.717) is 35.4 Å². The highest BCUT2D eigenvalue weighted by Crippen LogP contribution is 2.24. The molecule has 2 N–H and O–H groups in total. The fraction of sp³-hybridized carbons (Fsp3) is 0.0556. The van der Waals surface area contributed by atoms with Gasteiger partial charge in [-0.25, -0.2) is 0 Å². The minimum absolute atomic E-state index is 0.263. The van der Waals surface area contributed by atoms with Crippen LogP contribution in [-0.4, -0.2) is 15.3 Å². The van der Waals surface area contributed by atoms with Crippen molar-refractivity contribution in [2.24, 2.45) is 0 Å². The van der Waals surface area contributed by atoms with E-state index in [4.69, 9.17) is 35.4 Å². The second kappa shape index (κ2) is 7.09. The van der Waals surface area contributed by atoms with Crippen LogP contribution in [0.5, 0.6) is 0 Å². The Morgan fingerprint density at radius 3 is 2.78 bits per heavy atom. The van der Waals surface area contributed by atoms with Crippen molar-refractivity contribution in [2.75, 3.05) is 0 Å².